The number of halogens is 1. The normalized spacial score (nSPS) is 12.4. The topological polar surface area (TPSA) is 118 Å². The van der Waals surface area contributed by atoms with Gasteiger partial charge in [-0.15, -0.1) is 11.3 Å². The van der Waals surface area contributed by atoms with Crippen LogP contribution in [0.5, 0.6) is 0 Å². The van der Waals surface area contributed by atoms with Gasteiger partial charge in [-0.3, -0.25) is 19.9 Å². The number of nitriles is 1. The van der Waals surface area contributed by atoms with Crippen LogP contribution in [0.3, 0.4) is 0 Å². The first kappa shape index (κ1) is 24.8. The van der Waals surface area contributed by atoms with E-state index in [2.05, 4.69) is 16.7 Å². The van der Waals surface area contributed by atoms with Gasteiger partial charge in [0.15, 0.2) is 0 Å². The number of thiophene rings is 1. The summed E-state index contributed by atoms with van der Waals surface area (Å²) < 4.78 is 5.63. The highest BCUT2D eigenvalue weighted by molar-refractivity contribution is 7.18. The third-order valence-electron chi connectivity index (χ3n) is 5.01. The Kier molecular flexibility index (Phi) is 7.56. The Bertz CT molecular complexity index is 1300. The number of carbonyl (C=O) groups excluding carboxylic acids is 2. The molecule has 3 N–H and O–H groups in total. The molecule has 174 valence electrons. The number of benzene rings is 2. The first-order chi connectivity index (χ1) is 15.9. The SMILES string of the molecule is C.Cc1cc(NC(=O)c2ccc(Cl)s2)c(C(=O)Nc2ccc(N3CCOC3=N)cc2)cc1C#N. The lowest BCUT2D eigenvalue weighted by molar-refractivity contribution is 0.102. The molecule has 34 heavy (non-hydrogen) atoms. The molecular formula is C24H22ClN5O3S. The molecule has 1 aliphatic rings. The standard InChI is InChI=1S/C23H18ClN5O3S.CH4/c1-13-10-18(28-22(31)19-6-7-20(24)33-19)17(11-14(13)12-25)21(30)27-15-2-4-16(5-3-15)29-8-9-32-23(29)26;/h2-7,10-11,26H,8-9H2,1H3,(H,27,30)(H,28,31);1H4. The third-order valence-corrected chi connectivity index (χ3v) is 6.24. The van der Waals surface area contributed by atoms with Crippen molar-refractivity contribution in [3.8, 4) is 6.07 Å². The van der Waals surface area contributed by atoms with Gasteiger partial charge in [0.05, 0.1) is 38.6 Å². The van der Waals surface area contributed by atoms with Gasteiger partial charge in [0, 0.05) is 11.4 Å². The van der Waals surface area contributed by atoms with Crippen molar-refractivity contribution in [3.63, 3.8) is 0 Å². The first-order valence-corrected chi connectivity index (χ1v) is 11.1. The molecule has 1 aromatic heterocycles. The smallest absolute Gasteiger partial charge is 0.289 e. The van der Waals surface area contributed by atoms with Crippen molar-refractivity contribution >= 4 is 57.8 Å². The molecule has 0 unspecified atom stereocenters. The first-order valence-electron chi connectivity index (χ1n) is 9.87. The van der Waals surface area contributed by atoms with Gasteiger partial charge >= 0.3 is 0 Å². The summed E-state index contributed by atoms with van der Waals surface area (Å²) in [6, 6.07) is 15.4. The lowest BCUT2D eigenvalue weighted by atomic mass is 10.0. The highest BCUT2D eigenvalue weighted by Crippen LogP contribution is 2.27. The van der Waals surface area contributed by atoms with Crippen LogP contribution in [-0.2, 0) is 4.74 Å². The van der Waals surface area contributed by atoms with Crippen LogP contribution in [0.4, 0.5) is 17.1 Å². The van der Waals surface area contributed by atoms with Crippen LogP contribution in [0.2, 0.25) is 4.34 Å². The van der Waals surface area contributed by atoms with Crippen molar-refractivity contribution in [2.45, 2.75) is 14.4 Å². The van der Waals surface area contributed by atoms with Crippen LogP contribution in [-0.4, -0.2) is 31.0 Å². The Morgan fingerprint density at radius 3 is 2.47 bits per heavy atom. The highest BCUT2D eigenvalue weighted by Gasteiger charge is 2.21. The Morgan fingerprint density at radius 1 is 1.15 bits per heavy atom. The van der Waals surface area contributed by atoms with Crippen LogP contribution in [0.25, 0.3) is 0 Å². The molecule has 0 saturated carbocycles. The number of amides is 2. The molecule has 0 spiro atoms. The summed E-state index contributed by atoms with van der Waals surface area (Å²) in [5.41, 5.74) is 2.72. The molecule has 2 amide bonds. The van der Waals surface area contributed by atoms with E-state index in [1.165, 1.54) is 6.07 Å². The van der Waals surface area contributed by atoms with Crippen LogP contribution < -0.4 is 15.5 Å². The van der Waals surface area contributed by atoms with E-state index < -0.39 is 11.8 Å². The largest absolute Gasteiger partial charge is 0.463 e. The number of nitrogens with zero attached hydrogens (tertiary/aromatic N) is 2. The van der Waals surface area contributed by atoms with Crippen molar-refractivity contribution in [1.29, 1.82) is 10.7 Å². The maximum absolute atomic E-state index is 13.1. The molecule has 8 nitrogen and oxygen atoms in total. The number of aryl methyl sites for hydroxylation is 1. The Labute approximate surface area is 206 Å². The molecule has 1 saturated heterocycles. The molecule has 10 heteroatoms. The molecule has 0 radical (unpaired) electrons. The zero-order chi connectivity index (χ0) is 23.5. The molecule has 4 rings (SSSR count). The fourth-order valence-electron chi connectivity index (χ4n) is 3.32. The minimum absolute atomic E-state index is 0. The van der Waals surface area contributed by atoms with Gasteiger partial charge < -0.3 is 15.4 Å². The van der Waals surface area contributed by atoms with Gasteiger partial charge in [0.25, 0.3) is 17.8 Å². The number of nitrogens with one attached hydrogen (secondary N) is 3. The summed E-state index contributed by atoms with van der Waals surface area (Å²) >= 11 is 7.05. The van der Waals surface area contributed by atoms with Gasteiger partial charge in [-0.25, -0.2) is 0 Å². The Morgan fingerprint density at radius 2 is 1.88 bits per heavy atom. The molecule has 1 aliphatic heterocycles. The van der Waals surface area contributed by atoms with Gasteiger partial charge in [-0.05, 0) is 61.0 Å². The van der Waals surface area contributed by atoms with Crippen LogP contribution in [0.1, 0.15) is 38.6 Å². The fraction of sp³-hybridized carbons (Fsp3) is 0.167. The Balaban J connectivity index is 0.00000324. The van der Waals surface area contributed by atoms with E-state index in [1.807, 2.05) is 0 Å². The maximum atomic E-state index is 13.1. The number of carbonyl (C=O) groups is 2. The van der Waals surface area contributed by atoms with Gasteiger partial charge in [0.1, 0.15) is 6.61 Å². The monoisotopic (exact) mass is 495 g/mol. The van der Waals surface area contributed by atoms with Crippen molar-refractivity contribution in [2.75, 3.05) is 28.7 Å². The van der Waals surface area contributed by atoms with Crippen LogP contribution >= 0.6 is 22.9 Å². The predicted octanol–water partition coefficient (Wildman–Crippen LogP) is 5.49. The van der Waals surface area contributed by atoms with Crippen molar-refractivity contribution in [2.24, 2.45) is 0 Å². The zero-order valence-corrected chi connectivity index (χ0v) is 19.0. The second kappa shape index (κ2) is 10.4. The van der Waals surface area contributed by atoms with Crippen molar-refractivity contribution < 1.29 is 14.3 Å². The average molecular weight is 496 g/mol. The van der Waals surface area contributed by atoms with Crippen molar-refractivity contribution in [1.82, 2.24) is 0 Å². The van der Waals surface area contributed by atoms with Gasteiger partial charge in [-0.2, -0.15) is 5.26 Å². The molecule has 0 bridgehead atoms. The van der Waals surface area contributed by atoms with Gasteiger partial charge in [0.2, 0.25) is 0 Å². The molecule has 1 fully saturated rings. The van der Waals surface area contributed by atoms with E-state index in [4.69, 9.17) is 21.7 Å². The zero-order valence-electron chi connectivity index (χ0n) is 17.4. The lowest BCUT2D eigenvalue weighted by Gasteiger charge is -2.16. The van der Waals surface area contributed by atoms with E-state index in [0.717, 1.165) is 17.0 Å². The summed E-state index contributed by atoms with van der Waals surface area (Å²) in [6.45, 7) is 2.78. The third kappa shape index (κ3) is 5.20. The summed E-state index contributed by atoms with van der Waals surface area (Å²) in [7, 11) is 0. The molecule has 2 aromatic carbocycles. The number of rotatable bonds is 5. The summed E-state index contributed by atoms with van der Waals surface area (Å²) in [6.07, 6.45) is 0. The minimum atomic E-state index is -0.476. The average Bonchev–Trinajstić information content (AvgIpc) is 3.42. The van der Waals surface area contributed by atoms with Crippen molar-refractivity contribution in [3.05, 3.63) is 74.4 Å². The summed E-state index contributed by atoms with van der Waals surface area (Å²) in [5, 5.41) is 22.7. The molecular weight excluding hydrogens is 474 g/mol. The summed E-state index contributed by atoms with van der Waals surface area (Å²) in [4.78, 5) is 27.8. The minimum Gasteiger partial charge on any atom is -0.463 e. The fourth-order valence-corrected chi connectivity index (χ4v) is 4.26. The highest BCUT2D eigenvalue weighted by atomic mass is 35.5. The number of ether oxygens (including phenoxy) is 1. The second-order valence-electron chi connectivity index (χ2n) is 7.19. The van der Waals surface area contributed by atoms with Crippen LogP contribution in [0, 0.1) is 23.7 Å². The molecule has 0 atom stereocenters. The molecule has 3 aromatic rings. The molecule has 0 aliphatic carbocycles. The second-order valence-corrected chi connectivity index (χ2v) is 8.90. The number of amidine groups is 1. The number of hydrogen-bond donors (Lipinski definition) is 3. The van der Waals surface area contributed by atoms with E-state index >= 15 is 0 Å². The van der Waals surface area contributed by atoms with E-state index in [1.54, 1.807) is 54.3 Å². The summed E-state index contributed by atoms with van der Waals surface area (Å²) in [5.74, 6) is -0.874. The molecule has 2 heterocycles. The van der Waals surface area contributed by atoms with Gasteiger partial charge in [-0.1, -0.05) is 19.0 Å². The quantitative estimate of drug-likeness (QED) is 0.432. The number of anilines is 3. The Hall–Kier alpha value is -3.87. The van der Waals surface area contributed by atoms with E-state index in [-0.39, 0.29) is 24.7 Å². The maximum Gasteiger partial charge on any atom is 0.289 e. The predicted molar refractivity (Wildman–Crippen MR) is 135 cm³/mol. The lowest BCUT2D eigenvalue weighted by Crippen LogP contribution is -2.23. The van der Waals surface area contributed by atoms with E-state index in [0.29, 0.717) is 39.2 Å². The number of hydrogen-bond acceptors (Lipinski definition) is 6. The van der Waals surface area contributed by atoms with Crippen LogP contribution in [0.15, 0.2) is 48.5 Å². The van der Waals surface area contributed by atoms with E-state index in [9.17, 15) is 14.9 Å².